The van der Waals surface area contributed by atoms with E-state index in [1.165, 1.54) is 7.11 Å². The fraction of sp³-hybridized carbons (Fsp3) is 0.500. The number of allylic oxidation sites excluding steroid dienone is 2. The standard InChI is InChI=1S/C8H11O2.ClH.Pt/c1-10-8(9)7-5-3-2-4-6-7;;/h2-4,7H,5-6H2,1H3;1H;/q;;+1/p-1. The molecule has 0 saturated heterocycles. The van der Waals surface area contributed by atoms with E-state index in [1.807, 2.05) is 18.6 Å². The zero-order valence-electron chi connectivity index (χ0n) is 6.73. The number of ether oxygens (including phenoxy) is 1. The van der Waals surface area contributed by atoms with E-state index in [1.54, 1.807) is 18.8 Å². The molecule has 0 bridgehead atoms. The van der Waals surface area contributed by atoms with Gasteiger partial charge in [-0.1, -0.05) is 12.2 Å². The average molecular weight is 370 g/mol. The number of carbonyl (C=O) groups is 1. The van der Waals surface area contributed by atoms with Crippen LogP contribution < -0.4 is 0 Å². The molecule has 0 saturated carbocycles. The van der Waals surface area contributed by atoms with Crippen LogP contribution in [0.4, 0.5) is 0 Å². The van der Waals surface area contributed by atoms with Crippen molar-refractivity contribution in [1.82, 2.24) is 0 Å². The van der Waals surface area contributed by atoms with Crippen molar-refractivity contribution >= 4 is 15.4 Å². The molecule has 0 aromatic rings. The first kappa shape index (κ1) is 12.2. The van der Waals surface area contributed by atoms with Crippen molar-refractivity contribution < 1.29 is 28.3 Å². The van der Waals surface area contributed by atoms with Crippen molar-refractivity contribution in [2.75, 3.05) is 7.11 Å². The van der Waals surface area contributed by atoms with Gasteiger partial charge in [-0.3, -0.25) is 4.79 Å². The van der Waals surface area contributed by atoms with Gasteiger partial charge in [-0.05, 0) is 19.3 Å². The first-order chi connectivity index (χ1) is 5.84. The Hall–Kier alpha value is 0.188. The van der Waals surface area contributed by atoms with E-state index in [9.17, 15) is 4.79 Å². The third-order valence-electron chi connectivity index (χ3n) is 1.65. The summed E-state index contributed by atoms with van der Waals surface area (Å²) in [7, 11) is 6.04. The van der Waals surface area contributed by atoms with E-state index < -0.39 is 0 Å². The Bertz CT molecular complexity index is 159. The van der Waals surface area contributed by atoms with Gasteiger partial charge in [0.25, 0.3) is 0 Å². The van der Waals surface area contributed by atoms with Gasteiger partial charge in [0.2, 0.25) is 0 Å². The Labute approximate surface area is 88.1 Å². The van der Waals surface area contributed by atoms with Crippen LogP contribution in [0, 0.1) is 12.3 Å². The molecular formula is C8H11ClO2Pt. The molecule has 12 heavy (non-hydrogen) atoms. The number of esters is 1. The van der Waals surface area contributed by atoms with Crippen molar-refractivity contribution in [3.05, 3.63) is 18.6 Å². The Kier molecular flexibility index (Phi) is 7.94. The zero-order chi connectivity index (χ0) is 9.40. The van der Waals surface area contributed by atoms with E-state index >= 15 is 0 Å². The molecule has 0 heterocycles. The second kappa shape index (κ2) is 7.82. The van der Waals surface area contributed by atoms with Crippen LogP contribution in [0.1, 0.15) is 12.8 Å². The van der Waals surface area contributed by atoms with Gasteiger partial charge < -0.3 is 4.74 Å². The summed E-state index contributed by atoms with van der Waals surface area (Å²) in [5.74, 6) is -0.0319. The third kappa shape index (κ3) is 4.27. The van der Waals surface area contributed by atoms with Gasteiger partial charge in [0.15, 0.2) is 0 Å². The van der Waals surface area contributed by atoms with Gasteiger partial charge in [0.1, 0.15) is 0 Å². The second-order valence-corrected chi connectivity index (χ2v) is 2.36. The fourth-order valence-corrected chi connectivity index (χ4v) is 1.04. The van der Waals surface area contributed by atoms with E-state index in [2.05, 4.69) is 14.2 Å². The molecule has 1 radical (unpaired) electrons. The van der Waals surface area contributed by atoms with Gasteiger partial charge in [-0.2, -0.15) is 0 Å². The normalized spacial score (nSPS) is 20.8. The Morgan fingerprint density at radius 3 is 2.67 bits per heavy atom. The molecule has 4 heteroatoms. The molecule has 1 aliphatic carbocycles. The minimum absolute atomic E-state index is 0.0648. The van der Waals surface area contributed by atoms with Crippen LogP contribution in [-0.4, -0.2) is 13.1 Å². The van der Waals surface area contributed by atoms with Crippen LogP contribution in [-0.2, 0) is 28.3 Å². The molecule has 0 aliphatic heterocycles. The van der Waals surface area contributed by atoms with Crippen LogP contribution in [0.15, 0.2) is 12.2 Å². The molecule has 0 spiro atoms. The van der Waals surface area contributed by atoms with Crippen LogP contribution >= 0.6 is 9.42 Å². The molecular weight excluding hydrogens is 359 g/mol. The van der Waals surface area contributed by atoms with E-state index in [0.29, 0.717) is 0 Å². The quantitative estimate of drug-likeness (QED) is 0.661. The predicted molar refractivity (Wildman–Crippen MR) is 44.0 cm³/mol. The molecule has 0 aromatic carbocycles. The summed E-state index contributed by atoms with van der Waals surface area (Å²) in [5.41, 5.74) is 0. The third-order valence-corrected chi connectivity index (χ3v) is 1.65. The summed E-state index contributed by atoms with van der Waals surface area (Å²) >= 11 is 1.61. The maximum absolute atomic E-state index is 10.9. The number of hydrogen-bond acceptors (Lipinski definition) is 2. The Morgan fingerprint density at radius 1 is 1.58 bits per heavy atom. The summed E-state index contributed by atoms with van der Waals surface area (Å²) in [6, 6.07) is 0. The zero-order valence-corrected chi connectivity index (χ0v) is 9.76. The van der Waals surface area contributed by atoms with Gasteiger partial charge in [-0.15, -0.1) is 0 Å². The Morgan fingerprint density at radius 2 is 2.25 bits per heavy atom. The van der Waals surface area contributed by atoms with Gasteiger partial charge in [0, 0.05) is 0 Å². The molecule has 1 atom stereocenters. The Balaban J connectivity index is 0.000000561. The number of methoxy groups -OCH3 is 1. The topological polar surface area (TPSA) is 26.3 Å². The maximum atomic E-state index is 10.9. The number of halogens is 1. The molecule has 0 fully saturated rings. The molecule has 1 rings (SSSR count). The summed E-state index contributed by atoms with van der Waals surface area (Å²) < 4.78 is 4.60. The number of rotatable bonds is 1. The van der Waals surface area contributed by atoms with Crippen molar-refractivity contribution in [3.8, 4) is 0 Å². The van der Waals surface area contributed by atoms with Crippen molar-refractivity contribution in [2.45, 2.75) is 12.8 Å². The van der Waals surface area contributed by atoms with Crippen LogP contribution in [0.25, 0.3) is 0 Å². The molecule has 0 aromatic heterocycles. The summed E-state index contributed by atoms with van der Waals surface area (Å²) in [6.07, 6.45) is 7.61. The van der Waals surface area contributed by atoms with Crippen molar-refractivity contribution in [3.63, 3.8) is 0 Å². The minimum atomic E-state index is -0.0967. The molecule has 0 amide bonds. The average Bonchev–Trinajstić information content (AvgIpc) is 2.21. The SMILES string of the molecule is COC(=O)C1C[CH]C=CC1.[Cl][Pt]. The fourth-order valence-electron chi connectivity index (χ4n) is 1.04. The first-order valence-corrected chi connectivity index (χ1v) is 6.34. The van der Waals surface area contributed by atoms with E-state index in [4.69, 9.17) is 0 Å². The van der Waals surface area contributed by atoms with Crippen LogP contribution in [0.3, 0.4) is 0 Å². The van der Waals surface area contributed by atoms with Gasteiger partial charge >= 0.3 is 34.2 Å². The van der Waals surface area contributed by atoms with E-state index in [0.717, 1.165) is 12.8 Å². The van der Waals surface area contributed by atoms with Crippen LogP contribution in [0.5, 0.6) is 0 Å². The molecule has 2 nitrogen and oxygen atoms in total. The monoisotopic (exact) mass is 369 g/mol. The van der Waals surface area contributed by atoms with Crippen molar-refractivity contribution in [1.29, 1.82) is 0 Å². The number of hydrogen-bond donors (Lipinski definition) is 0. The summed E-state index contributed by atoms with van der Waals surface area (Å²) in [4.78, 5) is 10.9. The first-order valence-electron chi connectivity index (χ1n) is 3.52. The van der Waals surface area contributed by atoms with Gasteiger partial charge in [0.05, 0.1) is 13.0 Å². The summed E-state index contributed by atoms with van der Waals surface area (Å²) in [5, 5.41) is 0. The number of carbonyl (C=O) groups excluding carboxylic acids is 1. The molecule has 72 valence electrons. The molecule has 0 N–H and O–H groups in total. The van der Waals surface area contributed by atoms with Crippen molar-refractivity contribution in [2.24, 2.45) is 5.92 Å². The summed E-state index contributed by atoms with van der Waals surface area (Å²) in [6.45, 7) is 0. The van der Waals surface area contributed by atoms with Crippen LogP contribution in [0.2, 0.25) is 0 Å². The van der Waals surface area contributed by atoms with E-state index in [-0.39, 0.29) is 11.9 Å². The molecule has 1 aliphatic rings. The van der Waals surface area contributed by atoms with Gasteiger partial charge in [-0.25, -0.2) is 0 Å². The predicted octanol–water partition coefficient (Wildman–Crippen LogP) is 2.02. The second-order valence-electron chi connectivity index (χ2n) is 2.36. The molecule has 1 unspecified atom stereocenters.